The molecule has 21 heavy (non-hydrogen) atoms. The summed E-state index contributed by atoms with van der Waals surface area (Å²) < 4.78 is 17.7. The molecule has 1 aromatic carbocycles. The zero-order valence-corrected chi connectivity index (χ0v) is 14.1. The van der Waals surface area contributed by atoms with Gasteiger partial charge < -0.3 is 10.5 Å². The highest BCUT2D eigenvalue weighted by molar-refractivity contribution is 7.85. The maximum absolute atomic E-state index is 12.2. The lowest BCUT2D eigenvalue weighted by molar-refractivity contribution is 0.128. The van der Waals surface area contributed by atoms with Crippen molar-refractivity contribution < 1.29 is 8.95 Å². The Balaban J connectivity index is 1.90. The fourth-order valence-electron chi connectivity index (χ4n) is 2.58. The van der Waals surface area contributed by atoms with Crippen molar-refractivity contribution in [1.82, 2.24) is 0 Å². The van der Waals surface area contributed by atoms with Crippen molar-refractivity contribution in [1.29, 1.82) is 0 Å². The van der Waals surface area contributed by atoms with Gasteiger partial charge in [-0.1, -0.05) is 45.0 Å². The van der Waals surface area contributed by atoms with E-state index in [-0.39, 0.29) is 17.6 Å². The van der Waals surface area contributed by atoms with Gasteiger partial charge in [0.15, 0.2) is 0 Å². The summed E-state index contributed by atoms with van der Waals surface area (Å²) in [6.45, 7) is 7.39. The van der Waals surface area contributed by atoms with Crippen LogP contribution in [0.4, 0.5) is 0 Å². The van der Waals surface area contributed by atoms with Gasteiger partial charge in [-0.15, -0.1) is 0 Å². The first kappa shape index (κ1) is 16.7. The minimum atomic E-state index is -0.913. The van der Waals surface area contributed by atoms with Crippen LogP contribution >= 0.6 is 0 Å². The summed E-state index contributed by atoms with van der Waals surface area (Å²) in [5.41, 5.74) is 8.69. The van der Waals surface area contributed by atoms with E-state index in [4.69, 9.17) is 10.5 Å². The average Bonchev–Trinajstić information content (AvgIpc) is 2.90. The lowest BCUT2D eigenvalue weighted by atomic mass is 9.86. The molecule has 0 aromatic heterocycles. The fourth-order valence-corrected chi connectivity index (χ4v) is 3.98. The van der Waals surface area contributed by atoms with Crippen LogP contribution in [0.15, 0.2) is 24.3 Å². The summed E-state index contributed by atoms with van der Waals surface area (Å²) >= 11 is 0. The Morgan fingerprint density at radius 3 is 2.52 bits per heavy atom. The molecule has 0 aliphatic carbocycles. The number of hydrogen-bond acceptors (Lipinski definition) is 3. The van der Waals surface area contributed by atoms with E-state index in [0.717, 1.165) is 25.0 Å². The highest BCUT2D eigenvalue weighted by atomic mass is 32.2. The lowest BCUT2D eigenvalue weighted by Gasteiger charge is -2.20. The van der Waals surface area contributed by atoms with Crippen molar-refractivity contribution in [2.24, 2.45) is 5.73 Å². The Bertz CT molecular complexity index is 473. The summed E-state index contributed by atoms with van der Waals surface area (Å²) in [7, 11) is -0.913. The first-order valence-electron chi connectivity index (χ1n) is 7.69. The van der Waals surface area contributed by atoms with Gasteiger partial charge in [-0.25, -0.2) is 0 Å². The molecule has 0 saturated carbocycles. The van der Waals surface area contributed by atoms with E-state index in [9.17, 15) is 4.21 Å². The number of ether oxygens (including phenoxy) is 1. The van der Waals surface area contributed by atoms with Gasteiger partial charge in [0.05, 0.1) is 6.10 Å². The average molecular weight is 309 g/mol. The predicted octanol–water partition coefficient (Wildman–Crippen LogP) is 2.91. The first-order valence-corrected chi connectivity index (χ1v) is 9.17. The maximum atomic E-state index is 12.2. The van der Waals surface area contributed by atoms with E-state index in [2.05, 4.69) is 45.0 Å². The molecule has 3 unspecified atom stereocenters. The van der Waals surface area contributed by atoms with Gasteiger partial charge in [0.1, 0.15) is 0 Å². The molecule has 1 heterocycles. The molecular weight excluding hydrogens is 282 g/mol. The van der Waals surface area contributed by atoms with Crippen LogP contribution in [-0.4, -0.2) is 28.4 Å². The summed E-state index contributed by atoms with van der Waals surface area (Å²) in [5, 5.41) is 0. The largest absolute Gasteiger partial charge is 0.377 e. The van der Waals surface area contributed by atoms with Crippen LogP contribution in [-0.2, 0) is 21.0 Å². The number of nitrogens with two attached hydrogens (primary N) is 1. The molecule has 3 nitrogen and oxygen atoms in total. The molecule has 0 bridgehead atoms. The molecule has 1 aromatic rings. The maximum Gasteiger partial charge on any atom is 0.0691 e. The number of benzene rings is 1. The van der Waals surface area contributed by atoms with Gasteiger partial charge in [0.2, 0.25) is 0 Å². The van der Waals surface area contributed by atoms with E-state index < -0.39 is 10.8 Å². The summed E-state index contributed by atoms with van der Waals surface area (Å²) in [6.07, 6.45) is 2.28. The third-order valence-electron chi connectivity index (χ3n) is 3.97. The van der Waals surface area contributed by atoms with Crippen LogP contribution < -0.4 is 5.73 Å². The Morgan fingerprint density at radius 2 is 2.00 bits per heavy atom. The Hall–Kier alpha value is -0.710. The zero-order chi connectivity index (χ0) is 15.5. The third-order valence-corrected chi connectivity index (χ3v) is 5.44. The molecule has 0 spiro atoms. The van der Waals surface area contributed by atoms with Crippen molar-refractivity contribution in [3.63, 3.8) is 0 Å². The zero-order valence-electron chi connectivity index (χ0n) is 13.3. The van der Waals surface area contributed by atoms with Crippen LogP contribution in [0, 0.1) is 0 Å². The topological polar surface area (TPSA) is 52.3 Å². The first-order chi connectivity index (χ1) is 9.86. The van der Waals surface area contributed by atoms with Gasteiger partial charge in [-0.05, 0) is 29.4 Å². The van der Waals surface area contributed by atoms with Crippen LogP contribution in [0.25, 0.3) is 0 Å². The van der Waals surface area contributed by atoms with Crippen molar-refractivity contribution in [2.75, 3.05) is 18.1 Å². The lowest BCUT2D eigenvalue weighted by Crippen LogP contribution is -2.24. The molecular formula is C17H27NO2S. The smallest absolute Gasteiger partial charge is 0.0691 e. The Morgan fingerprint density at radius 1 is 1.33 bits per heavy atom. The van der Waals surface area contributed by atoms with Crippen molar-refractivity contribution in [3.05, 3.63) is 35.4 Å². The van der Waals surface area contributed by atoms with Crippen LogP contribution in [0.3, 0.4) is 0 Å². The van der Waals surface area contributed by atoms with Gasteiger partial charge in [-0.3, -0.25) is 4.21 Å². The molecule has 3 atom stereocenters. The molecule has 2 rings (SSSR count). The van der Waals surface area contributed by atoms with E-state index in [1.54, 1.807) is 0 Å². The van der Waals surface area contributed by atoms with Crippen LogP contribution in [0.2, 0.25) is 0 Å². The van der Waals surface area contributed by atoms with Crippen LogP contribution in [0.1, 0.15) is 50.8 Å². The number of rotatable bonds is 5. The second kappa shape index (κ2) is 7.03. The van der Waals surface area contributed by atoms with E-state index in [1.807, 2.05) is 0 Å². The van der Waals surface area contributed by atoms with Gasteiger partial charge in [-0.2, -0.15) is 0 Å². The Kier molecular flexibility index (Phi) is 5.58. The molecule has 1 fully saturated rings. The summed E-state index contributed by atoms with van der Waals surface area (Å²) in [6, 6.07) is 8.21. The van der Waals surface area contributed by atoms with Crippen molar-refractivity contribution in [2.45, 2.75) is 51.2 Å². The fraction of sp³-hybridized carbons (Fsp3) is 0.647. The monoisotopic (exact) mass is 309 g/mol. The molecule has 0 radical (unpaired) electrons. The molecule has 118 valence electrons. The minimum absolute atomic E-state index is 0.144. The van der Waals surface area contributed by atoms with Gasteiger partial charge in [0, 0.05) is 35.0 Å². The van der Waals surface area contributed by atoms with E-state index >= 15 is 0 Å². The summed E-state index contributed by atoms with van der Waals surface area (Å²) in [5.74, 6) is 1.13. The predicted molar refractivity (Wildman–Crippen MR) is 88.9 cm³/mol. The standard InChI is InChI=1S/C17H27NO2S/c1-17(2,3)14-8-6-13(7-9-14)16(18)12-21(19)11-15-5-4-10-20-15/h6-9,15-16H,4-5,10-12,18H2,1-3H3. The molecule has 4 heteroatoms. The Labute approximate surface area is 130 Å². The minimum Gasteiger partial charge on any atom is -0.377 e. The summed E-state index contributed by atoms with van der Waals surface area (Å²) in [4.78, 5) is 0. The molecule has 0 amide bonds. The second-order valence-electron chi connectivity index (χ2n) is 6.89. The highest BCUT2D eigenvalue weighted by Crippen LogP contribution is 2.24. The van der Waals surface area contributed by atoms with E-state index in [1.165, 1.54) is 5.56 Å². The molecule has 1 aliphatic heterocycles. The quantitative estimate of drug-likeness (QED) is 0.910. The van der Waals surface area contributed by atoms with Crippen molar-refractivity contribution >= 4 is 10.8 Å². The van der Waals surface area contributed by atoms with Crippen molar-refractivity contribution in [3.8, 4) is 0 Å². The molecule has 1 saturated heterocycles. The van der Waals surface area contributed by atoms with Crippen LogP contribution in [0.5, 0.6) is 0 Å². The normalized spacial score (nSPS) is 22.2. The number of hydrogen-bond donors (Lipinski definition) is 1. The SMILES string of the molecule is CC(C)(C)c1ccc(C(N)CS(=O)CC2CCCO2)cc1. The van der Waals surface area contributed by atoms with Gasteiger partial charge in [0.25, 0.3) is 0 Å². The molecule has 1 aliphatic rings. The third kappa shape index (κ3) is 4.90. The van der Waals surface area contributed by atoms with Gasteiger partial charge >= 0.3 is 0 Å². The second-order valence-corrected chi connectivity index (χ2v) is 8.43. The highest BCUT2D eigenvalue weighted by Gasteiger charge is 2.20. The molecule has 2 N–H and O–H groups in total. The van der Waals surface area contributed by atoms with E-state index in [0.29, 0.717) is 11.5 Å².